The van der Waals surface area contributed by atoms with Gasteiger partial charge in [0.15, 0.2) is 5.69 Å². The lowest BCUT2D eigenvalue weighted by Gasteiger charge is -2.28. The van der Waals surface area contributed by atoms with Crippen molar-refractivity contribution in [1.29, 1.82) is 0 Å². The van der Waals surface area contributed by atoms with Gasteiger partial charge in [0.25, 0.3) is 11.5 Å². The molecule has 2 aliphatic heterocycles. The van der Waals surface area contributed by atoms with E-state index in [1.165, 1.54) is 15.5 Å². The van der Waals surface area contributed by atoms with Gasteiger partial charge in [-0.2, -0.15) is 18.3 Å². The summed E-state index contributed by atoms with van der Waals surface area (Å²) in [4.78, 5) is 27.2. The van der Waals surface area contributed by atoms with Crippen LogP contribution in [0.3, 0.4) is 0 Å². The molecule has 6 rings (SSSR count). The molecule has 36 heavy (non-hydrogen) atoms. The van der Waals surface area contributed by atoms with Crippen molar-refractivity contribution in [3.8, 4) is 11.4 Å². The molecule has 0 spiro atoms. The number of alkyl halides is 3. The molecule has 4 heterocycles. The molecule has 1 amide bonds. The minimum absolute atomic E-state index is 0.0162. The Morgan fingerprint density at radius 3 is 2.39 bits per heavy atom. The smallest absolute Gasteiger partial charge is 0.384 e. The molecule has 2 aromatic carbocycles. The minimum atomic E-state index is -4.68. The summed E-state index contributed by atoms with van der Waals surface area (Å²) >= 11 is 0. The number of aromatic nitrogens is 3. The quantitative estimate of drug-likeness (QED) is 0.466. The Balaban J connectivity index is 1.41. The SMILES string of the molecule is O=C1c2c(c(C(F)(F)F)nn2-c2ccc3c(c2)CCN3)CCN1c1ccc(-n2ccccc2=O)cc1. The van der Waals surface area contributed by atoms with Crippen LogP contribution in [-0.2, 0) is 19.0 Å². The number of nitrogens with one attached hydrogen (secondary N) is 1. The van der Waals surface area contributed by atoms with Crippen molar-refractivity contribution in [3.63, 3.8) is 0 Å². The molecule has 7 nitrogen and oxygen atoms in total. The monoisotopic (exact) mass is 491 g/mol. The number of benzene rings is 2. The first-order valence-corrected chi connectivity index (χ1v) is 11.5. The van der Waals surface area contributed by atoms with Crippen molar-refractivity contribution < 1.29 is 18.0 Å². The maximum atomic E-state index is 13.9. The standard InChI is InChI=1S/C26H20F3N5O2/c27-26(28,29)24-20-11-14-33(18-6-4-17(5-7-18)32-13-2-1-3-22(32)35)25(36)23(20)34(31-24)19-8-9-21-16(15-19)10-12-30-21/h1-9,13,15,30H,10-12,14H2. The third-order valence-electron chi connectivity index (χ3n) is 6.59. The summed E-state index contributed by atoms with van der Waals surface area (Å²) in [5.41, 5.74) is 2.07. The zero-order valence-corrected chi connectivity index (χ0v) is 18.9. The van der Waals surface area contributed by atoms with E-state index in [4.69, 9.17) is 0 Å². The van der Waals surface area contributed by atoms with Crippen LogP contribution in [-0.4, -0.2) is 33.3 Å². The third kappa shape index (κ3) is 3.57. The molecule has 0 saturated carbocycles. The van der Waals surface area contributed by atoms with Crippen molar-refractivity contribution in [2.24, 2.45) is 0 Å². The summed E-state index contributed by atoms with van der Waals surface area (Å²) in [6.45, 7) is 0.834. The molecule has 10 heteroatoms. The van der Waals surface area contributed by atoms with Gasteiger partial charge in [0.1, 0.15) is 5.69 Å². The third-order valence-corrected chi connectivity index (χ3v) is 6.59. The number of carbonyl (C=O) groups is 1. The number of carbonyl (C=O) groups excluding carboxylic acids is 1. The summed E-state index contributed by atoms with van der Waals surface area (Å²) < 4.78 is 44.2. The highest BCUT2D eigenvalue weighted by Crippen LogP contribution is 2.37. The van der Waals surface area contributed by atoms with Gasteiger partial charge < -0.3 is 10.2 Å². The average Bonchev–Trinajstić information content (AvgIpc) is 3.49. The van der Waals surface area contributed by atoms with E-state index < -0.39 is 17.8 Å². The van der Waals surface area contributed by atoms with Crippen molar-refractivity contribution in [2.75, 3.05) is 23.3 Å². The van der Waals surface area contributed by atoms with Crippen LogP contribution >= 0.6 is 0 Å². The summed E-state index contributed by atoms with van der Waals surface area (Å²) in [6.07, 6.45) is -2.28. The Kier molecular flexibility index (Phi) is 4.99. The lowest BCUT2D eigenvalue weighted by atomic mass is 10.0. The second-order valence-electron chi connectivity index (χ2n) is 8.74. The van der Waals surface area contributed by atoms with Gasteiger partial charge >= 0.3 is 6.18 Å². The summed E-state index contributed by atoms with van der Waals surface area (Å²) in [6, 6.07) is 16.8. The van der Waals surface area contributed by atoms with Crippen molar-refractivity contribution in [1.82, 2.24) is 14.3 Å². The van der Waals surface area contributed by atoms with Crippen LogP contribution in [0.4, 0.5) is 24.5 Å². The van der Waals surface area contributed by atoms with Gasteiger partial charge in [-0.3, -0.25) is 14.2 Å². The maximum absolute atomic E-state index is 13.9. The van der Waals surface area contributed by atoms with Crippen LogP contribution in [0.15, 0.2) is 71.7 Å². The van der Waals surface area contributed by atoms with E-state index >= 15 is 0 Å². The molecule has 0 radical (unpaired) electrons. The average molecular weight is 491 g/mol. The fourth-order valence-corrected chi connectivity index (χ4v) is 4.88. The van der Waals surface area contributed by atoms with Gasteiger partial charge in [0, 0.05) is 48.0 Å². The Morgan fingerprint density at radius 2 is 1.64 bits per heavy atom. The molecule has 0 atom stereocenters. The number of halogens is 3. The normalized spacial score (nSPS) is 15.0. The maximum Gasteiger partial charge on any atom is 0.435 e. The van der Waals surface area contributed by atoms with Gasteiger partial charge in [-0.1, -0.05) is 6.07 Å². The number of nitrogens with zero attached hydrogens (tertiary/aromatic N) is 4. The lowest BCUT2D eigenvalue weighted by molar-refractivity contribution is -0.141. The second kappa shape index (κ2) is 8.11. The highest BCUT2D eigenvalue weighted by molar-refractivity contribution is 6.07. The Labute approximate surface area is 203 Å². The number of fused-ring (bicyclic) bond motifs is 2. The molecule has 182 valence electrons. The summed E-state index contributed by atoms with van der Waals surface area (Å²) in [5, 5.41) is 7.11. The zero-order chi connectivity index (χ0) is 25.0. The molecule has 0 bridgehead atoms. The predicted molar refractivity (Wildman–Crippen MR) is 128 cm³/mol. The summed E-state index contributed by atoms with van der Waals surface area (Å²) in [7, 11) is 0. The molecule has 0 fully saturated rings. The van der Waals surface area contributed by atoms with Crippen LogP contribution in [0.25, 0.3) is 11.4 Å². The number of anilines is 2. The van der Waals surface area contributed by atoms with Crippen LogP contribution in [0.2, 0.25) is 0 Å². The van der Waals surface area contributed by atoms with Gasteiger partial charge in [-0.15, -0.1) is 0 Å². The minimum Gasteiger partial charge on any atom is -0.384 e. The molecule has 2 aromatic heterocycles. The van der Waals surface area contributed by atoms with E-state index in [2.05, 4.69) is 10.4 Å². The van der Waals surface area contributed by atoms with Gasteiger partial charge in [-0.25, -0.2) is 4.68 Å². The van der Waals surface area contributed by atoms with E-state index in [0.717, 1.165) is 28.9 Å². The van der Waals surface area contributed by atoms with Crippen LogP contribution in [0, 0.1) is 0 Å². The Morgan fingerprint density at radius 1 is 0.889 bits per heavy atom. The molecule has 0 unspecified atom stereocenters. The fourth-order valence-electron chi connectivity index (χ4n) is 4.88. The predicted octanol–water partition coefficient (Wildman–Crippen LogP) is 4.21. The number of hydrogen-bond donors (Lipinski definition) is 1. The molecular weight excluding hydrogens is 471 g/mol. The summed E-state index contributed by atoms with van der Waals surface area (Å²) in [5.74, 6) is -0.553. The van der Waals surface area contributed by atoms with Gasteiger partial charge in [-0.05, 0) is 66.9 Å². The largest absolute Gasteiger partial charge is 0.435 e. The lowest BCUT2D eigenvalue weighted by Crippen LogP contribution is -2.39. The molecular formula is C26H20F3N5O2. The number of rotatable bonds is 3. The van der Waals surface area contributed by atoms with Crippen LogP contribution < -0.4 is 15.8 Å². The van der Waals surface area contributed by atoms with E-state index in [1.54, 1.807) is 60.8 Å². The Bertz CT molecular complexity index is 1550. The second-order valence-corrected chi connectivity index (χ2v) is 8.74. The van der Waals surface area contributed by atoms with Crippen molar-refractivity contribution in [2.45, 2.75) is 19.0 Å². The highest BCUT2D eigenvalue weighted by Gasteiger charge is 2.43. The van der Waals surface area contributed by atoms with Gasteiger partial charge in [0.05, 0.1) is 5.69 Å². The first kappa shape index (κ1) is 22.1. The van der Waals surface area contributed by atoms with E-state index in [1.807, 2.05) is 0 Å². The zero-order valence-electron chi connectivity index (χ0n) is 18.9. The fraction of sp³-hybridized carbons (Fsp3) is 0.192. The molecule has 0 saturated heterocycles. The van der Waals surface area contributed by atoms with Gasteiger partial charge in [0.2, 0.25) is 0 Å². The van der Waals surface area contributed by atoms with Crippen LogP contribution in [0.5, 0.6) is 0 Å². The van der Waals surface area contributed by atoms with E-state index in [9.17, 15) is 22.8 Å². The molecule has 0 aliphatic carbocycles. The number of pyridine rings is 1. The highest BCUT2D eigenvalue weighted by atomic mass is 19.4. The molecule has 4 aromatic rings. The van der Waals surface area contributed by atoms with Crippen molar-refractivity contribution in [3.05, 3.63) is 99.7 Å². The number of hydrogen-bond acceptors (Lipinski definition) is 4. The topological polar surface area (TPSA) is 72.2 Å². The first-order chi connectivity index (χ1) is 17.3. The first-order valence-electron chi connectivity index (χ1n) is 11.5. The number of amides is 1. The molecule has 2 aliphatic rings. The van der Waals surface area contributed by atoms with E-state index in [-0.39, 0.29) is 29.8 Å². The van der Waals surface area contributed by atoms with E-state index in [0.29, 0.717) is 17.1 Å². The Hall–Kier alpha value is -4.34. The molecule has 1 N–H and O–H groups in total. The van der Waals surface area contributed by atoms with Crippen LogP contribution in [0.1, 0.15) is 27.3 Å². The van der Waals surface area contributed by atoms with Crippen molar-refractivity contribution >= 4 is 17.3 Å².